The van der Waals surface area contributed by atoms with Crippen LogP contribution in [0.3, 0.4) is 0 Å². The summed E-state index contributed by atoms with van der Waals surface area (Å²) in [6.07, 6.45) is 1.72. The van der Waals surface area contributed by atoms with E-state index in [1.54, 1.807) is 6.20 Å². The van der Waals surface area contributed by atoms with Gasteiger partial charge < -0.3 is 0 Å². The Morgan fingerprint density at radius 2 is 1.56 bits per heavy atom. The van der Waals surface area contributed by atoms with Crippen LogP contribution in [0.25, 0.3) is 22.6 Å². The van der Waals surface area contributed by atoms with Crippen molar-refractivity contribution in [1.29, 1.82) is 0 Å². The Hall–Kier alpha value is -2.36. The predicted molar refractivity (Wildman–Crippen MR) is 60.6 cm³/mol. The summed E-state index contributed by atoms with van der Waals surface area (Å²) in [5.74, 6) is 0.555. The van der Waals surface area contributed by atoms with Crippen molar-refractivity contribution in [2.24, 2.45) is 0 Å². The minimum atomic E-state index is 0.555. The third-order valence-corrected chi connectivity index (χ3v) is 2.25. The lowest BCUT2D eigenvalue weighted by Crippen LogP contribution is -1.94. The van der Waals surface area contributed by atoms with Gasteiger partial charge in [0.25, 0.3) is 0 Å². The fraction of sp³-hybridized carbons (Fsp3) is 0. The Labute approximate surface area is 92.0 Å². The minimum absolute atomic E-state index is 0.555. The third kappa shape index (κ3) is 1.50. The van der Waals surface area contributed by atoms with Gasteiger partial charge in [0.05, 0.1) is 5.52 Å². The van der Waals surface area contributed by atoms with Gasteiger partial charge in [-0.2, -0.15) is 0 Å². The number of nitrogens with zero attached hydrogens (tertiary/aromatic N) is 4. The molecule has 0 N–H and O–H groups in total. The van der Waals surface area contributed by atoms with E-state index in [4.69, 9.17) is 0 Å². The van der Waals surface area contributed by atoms with Gasteiger partial charge in [-0.1, -0.05) is 18.2 Å². The molecule has 0 spiro atoms. The van der Waals surface area contributed by atoms with Crippen LogP contribution < -0.4 is 0 Å². The molecule has 0 amide bonds. The van der Waals surface area contributed by atoms with Gasteiger partial charge in [0, 0.05) is 6.20 Å². The average Bonchev–Trinajstić information content (AvgIpc) is 2.39. The van der Waals surface area contributed by atoms with Crippen molar-refractivity contribution in [2.75, 3.05) is 0 Å². The van der Waals surface area contributed by atoms with Gasteiger partial charge in [-0.15, -0.1) is 10.2 Å². The van der Waals surface area contributed by atoms with Gasteiger partial charge in [-0.05, 0) is 24.3 Å². The first kappa shape index (κ1) is 8.91. The Kier molecular flexibility index (Phi) is 2.04. The Morgan fingerprint density at radius 1 is 0.750 bits per heavy atom. The summed E-state index contributed by atoms with van der Waals surface area (Å²) in [6.45, 7) is 0. The van der Waals surface area contributed by atoms with Crippen LogP contribution >= 0.6 is 0 Å². The number of hydrogen-bond donors (Lipinski definition) is 0. The van der Waals surface area contributed by atoms with E-state index in [2.05, 4.69) is 20.2 Å². The molecule has 3 aromatic rings. The zero-order valence-corrected chi connectivity index (χ0v) is 8.41. The number of rotatable bonds is 1. The maximum atomic E-state index is 4.41. The number of para-hydroxylation sites is 1. The average molecular weight is 208 g/mol. The molecule has 0 aliphatic heterocycles. The van der Waals surface area contributed by atoms with Crippen LogP contribution in [0.15, 0.2) is 48.7 Å². The van der Waals surface area contributed by atoms with Crippen LogP contribution in [0.2, 0.25) is 0 Å². The highest BCUT2D eigenvalue weighted by Gasteiger charge is 2.03. The molecule has 16 heavy (non-hydrogen) atoms. The molecule has 0 saturated heterocycles. The largest absolute Gasteiger partial charge is 0.253 e. The van der Waals surface area contributed by atoms with E-state index in [1.165, 1.54) is 0 Å². The molecular formula is C12H8N4. The van der Waals surface area contributed by atoms with Crippen molar-refractivity contribution < 1.29 is 0 Å². The third-order valence-electron chi connectivity index (χ3n) is 2.25. The van der Waals surface area contributed by atoms with Gasteiger partial charge in [0.15, 0.2) is 0 Å². The maximum absolute atomic E-state index is 4.41. The fourth-order valence-corrected chi connectivity index (χ4v) is 1.48. The second kappa shape index (κ2) is 3.66. The molecule has 2 heterocycles. The molecule has 4 heteroatoms. The molecule has 0 saturated carbocycles. The second-order valence-electron chi connectivity index (χ2n) is 3.34. The molecule has 0 fully saturated rings. The summed E-state index contributed by atoms with van der Waals surface area (Å²) in [5, 5.41) is 8.16. The molecule has 0 radical (unpaired) electrons. The van der Waals surface area contributed by atoms with E-state index >= 15 is 0 Å². The molecular weight excluding hydrogens is 200 g/mol. The van der Waals surface area contributed by atoms with E-state index in [0.717, 1.165) is 16.7 Å². The van der Waals surface area contributed by atoms with Crippen LogP contribution in [0.1, 0.15) is 0 Å². The highest BCUT2D eigenvalue weighted by Crippen LogP contribution is 2.13. The Balaban J connectivity index is 2.19. The van der Waals surface area contributed by atoms with E-state index < -0.39 is 0 Å². The maximum Gasteiger partial charge on any atom is 0.200 e. The van der Waals surface area contributed by atoms with Crippen LogP contribution in [0, 0.1) is 0 Å². The lowest BCUT2D eigenvalue weighted by molar-refractivity contribution is 1.02. The first-order valence-electron chi connectivity index (χ1n) is 4.94. The van der Waals surface area contributed by atoms with Crippen molar-refractivity contribution >= 4 is 11.0 Å². The monoisotopic (exact) mass is 208 g/mol. The van der Waals surface area contributed by atoms with E-state index in [-0.39, 0.29) is 0 Å². The standard InChI is InChI=1S/C12H8N4/c1-2-6-10-9(5-1)14-12(16-15-10)11-7-3-4-8-13-11/h1-8H. The number of pyridine rings is 1. The van der Waals surface area contributed by atoms with Crippen LogP contribution in [-0.4, -0.2) is 20.2 Å². The van der Waals surface area contributed by atoms with Crippen LogP contribution in [-0.2, 0) is 0 Å². The lowest BCUT2D eigenvalue weighted by atomic mass is 10.3. The first-order chi connectivity index (χ1) is 7.93. The molecule has 0 atom stereocenters. The molecule has 0 bridgehead atoms. The Bertz CT molecular complexity index is 622. The van der Waals surface area contributed by atoms with Crippen molar-refractivity contribution in [1.82, 2.24) is 20.2 Å². The number of aromatic nitrogens is 4. The van der Waals surface area contributed by atoms with E-state index in [0.29, 0.717) is 5.82 Å². The van der Waals surface area contributed by atoms with Crippen LogP contribution in [0.4, 0.5) is 0 Å². The first-order valence-corrected chi connectivity index (χ1v) is 4.94. The summed E-state index contributed by atoms with van der Waals surface area (Å²) < 4.78 is 0. The highest BCUT2D eigenvalue weighted by molar-refractivity contribution is 5.74. The second-order valence-corrected chi connectivity index (χ2v) is 3.34. The summed E-state index contributed by atoms with van der Waals surface area (Å²) in [6, 6.07) is 13.3. The summed E-state index contributed by atoms with van der Waals surface area (Å²) in [4.78, 5) is 8.60. The topological polar surface area (TPSA) is 51.6 Å². The highest BCUT2D eigenvalue weighted by atomic mass is 15.2. The molecule has 4 nitrogen and oxygen atoms in total. The van der Waals surface area contributed by atoms with Gasteiger partial charge >= 0.3 is 0 Å². The van der Waals surface area contributed by atoms with Gasteiger partial charge in [0.2, 0.25) is 5.82 Å². The molecule has 1 aromatic carbocycles. The van der Waals surface area contributed by atoms with Crippen molar-refractivity contribution in [3.05, 3.63) is 48.7 Å². The van der Waals surface area contributed by atoms with Gasteiger partial charge in [0.1, 0.15) is 11.2 Å². The molecule has 3 rings (SSSR count). The zero-order valence-electron chi connectivity index (χ0n) is 8.41. The van der Waals surface area contributed by atoms with E-state index in [9.17, 15) is 0 Å². The minimum Gasteiger partial charge on any atom is -0.253 e. The number of hydrogen-bond acceptors (Lipinski definition) is 4. The molecule has 76 valence electrons. The predicted octanol–water partition coefficient (Wildman–Crippen LogP) is 2.09. The smallest absolute Gasteiger partial charge is 0.200 e. The quantitative estimate of drug-likeness (QED) is 0.614. The summed E-state index contributed by atoms with van der Waals surface area (Å²) in [5.41, 5.74) is 2.36. The normalized spacial score (nSPS) is 10.5. The fourth-order valence-electron chi connectivity index (χ4n) is 1.48. The van der Waals surface area contributed by atoms with Crippen molar-refractivity contribution in [2.45, 2.75) is 0 Å². The number of fused-ring (bicyclic) bond motifs is 1. The summed E-state index contributed by atoms with van der Waals surface area (Å²) in [7, 11) is 0. The van der Waals surface area contributed by atoms with Gasteiger partial charge in [-0.3, -0.25) is 4.98 Å². The molecule has 0 aliphatic carbocycles. The van der Waals surface area contributed by atoms with E-state index in [1.807, 2.05) is 42.5 Å². The van der Waals surface area contributed by atoms with Crippen molar-refractivity contribution in [3.8, 4) is 11.5 Å². The molecule has 0 aliphatic rings. The summed E-state index contributed by atoms with van der Waals surface area (Å²) >= 11 is 0. The van der Waals surface area contributed by atoms with Gasteiger partial charge in [-0.25, -0.2) is 4.98 Å². The van der Waals surface area contributed by atoms with Crippen molar-refractivity contribution in [3.63, 3.8) is 0 Å². The molecule has 0 unspecified atom stereocenters. The Morgan fingerprint density at radius 3 is 2.38 bits per heavy atom. The molecule has 2 aromatic heterocycles. The lowest BCUT2D eigenvalue weighted by Gasteiger charge is -1.99. The SMILES string of the molecule is c1ccc(-c2nnc3ccccc3n2)nc1. The number of benzene rings is 1. The van der Waals surface area contributed by atoms with Crippen LogP contribution in [0.5, 0.6) is 0 Å². The zero-order chi connectivity index (χ0) is 10.8.